The monoisotopic (exact) mass is 362 g/mol. The Hall–Kier alpha value is 0.180. The largest absolute Gasteiger partial charge is 0.326 e. The minimum Gasteiger partial charge on any atom is -0.326 e. The first-order valence-electron chi connectivity index (χ1n) is 3.39. The van der Waals surface area contributed by atoms with Crippen molar-refractivity contribution in [3.8, 4) is 0 Å². The molecule has 72 valence electrons. The number of pyridine rings is 1. The van der Waals surface area contributed by atoms with Crippen molar-refractivity contribution in [3.05, 3.63) is 25.5 Å². The maximum absolute atomic E-state index is 12.4. The first-order valence-corrected chi connectivity index (χ1v) is 5.26. The molecule has 0 aromatic carbocycles. The van der Waals surface area contributed by atoms with Crippen molar-refractivity contribution in [2.24, 2.45) is 5.73 Å². The highest BCUT2D eigenvalue weighted by Gasteiger charge is 2.16. The topological polar surface area (TPSA) is 38.9 Å². The van der Waals surface area contributed by atoms with Crippen LogP contribution < -0.4 is 5.73 Å². The molecule has 0 bridgehead atoms. The van der Waals surface area contributed by atoms with Gasteiger partial charge in [0.05, 0.1) is 3.57 Å². The number of hydrogen-bond acceptors (Lipinski definition) is 2. The minimum absolute atomic E-state index is 0.0879. The lowest BCUT2D eigenvalue weighted by molar-refractivity contribution is 0.149. The number of nitrogens with two attached hydrogens (primary N) is 1. The van der Waals surface area contributed by atoms with E-state index in [0.717, 1.165) is 6.20 Å². The van der Waals surface area contributed by atoms with Gasteiger partial charge in [-0.05, 0) is 44.1 Å². The van der Waals surface area contributed by atoms with Crippen LogP contribution in [0.25, 0.3) is 0 Å². The van der Waals surface area contributed by atoms with E-state index in [1.54, 1.807) is 0 Å². The van der Waals surface area contributed by atoms with Crippen LogP contribution in [0, 0.1) is 3.57 Å². The second-order valence-corrected chi connectivity index (χ2v) is 4.13. The zero-order valence-electron chi connectivity index (χ0n) is 6.40. The van der Waals surface area contributed by atoms with Crippen molar-refractivity contribution in [1.82, 2.24) is 4.98 Å². The predicted octanol–water partition coefficient (Wildman–Crippen LogP) is 2.85. The fourth-order valence-electron chi connectivity index (χ4n) is 0.908. The van der Waals surface area contributed by atoms with Crippen LogP contribution in [0.3, 0.4) is 0 Å². The molecule has 0 aliphatic rings. The maximum Gasteiger partial charge on any atom is 0.265 e. The van der Waals surface area contributed by atoms with Gasteiger partial charge in [0.25, 0.3) is 6.43 Å². The summed E-state index contributed by atoms with van der Waals surface area (Å²) in [5.74, 6) is 0. The molecule has 0 atom stereocenters. The zero-order chi connectivity index (χ0) is 10.0. The van der Waals surface area contributed by atoms with Gasteiger partial charge < -0.3 is 5.73 Å². The molecule has 0 unspecified atom stereocenters. The highest BCUT2D eigenvalue weighted by Crippen LogP contribution is 2.29. The summed E-state index contributed by atoms with van der Waals surface area (Å²) in [5.41, 5.74) is 5.74. The van der Waals surface area contributed by atoms with Crippen LogP contribution in [0.5, 0.6) is 0 Å². The van der Waals surface area contributed by atoms with Gasteiger partial charge in [0.15, 0.2) is 0 Å². The SMILES string of the molecule is NCc1c(C(F)F)cnc(Br)c1I. The molecule has 0 aliphatic carbocycles. The lowest BCUT2D eigenvalue weighted by Crippen LogP contribution is -2.06. The number of rotatable bonds is 2. The van der Waals surface area contributed by atoms with Gasteiger partial charge >= 0.3 is 0 Å². The molecule has 1 aromatic rings. The van der Waals surface area contributed by atoms with Crippen LogP contribution in [0.1, 0.15) is 17.6 Å². The van der Waals surface area contributed by atoms with E-state index in [4.69, 9.17) is 5.73 Å². The van der Waals surface area contributed by atoms with Crippen molar-refractivity contribution >= 4 is 38.5 Å². The summed E-state index contributed by atoms with van der Waals surface area (Å²) in [4.78, 5) is 3.78. The number of alkyl halides is 2. The lowest BCUT2D eigenvalue weighted by atomic mass is 10.1. The first-order chi connectivity index (χ1) is 6.07. The number of nitrogens with zero attached hydrogens (tertiary/aromatic N) is 1. The molecule has 0 aliphatic heterocycles. The molecule has 0 fully saturated rings. The van der Waals surface area contributed by atoms with E-state index < -0.39 is 6.43 Å². The highest BCUT2D eigenvalue weighted by atomic mass is 127. The van der Waals surface area contributed by atoms with E-state index in [1.807, 2.05) is 22.6 Å². The van der Waals surface area contributed by atoms with Crippen molar-refractivity contribution in [1.29, 1.82) is 0 Å². The molecule has 1 rings (SSSR count). The number of hydrogen-bond donors (Lipinski definition) is 1. The Balaban J connectivity index is 3.30. The molecular weight excluding hydrogens is 357 g/mol. The summed E-state index contributed by atoms with van der Waals surface area (Å²) in [6.45, 7) is 0.0963. The van der Waals surface area contributed by atoms with Crippen molar-refractivity contribution in [3.63, 3.8) is 0 Å². The minimum atomic E-state index is -2.52. The Kier molecular flexibility index (Phi) is 3.99. The van der Waals surface area contributed by atoms with Gasteiger partial charge in [-0.1, -0.05) is 0 Å². The molecular formula is C7H6BrF2IN2. The van der Waals surface area contributed by atoms with E-state index >= 15 is 0 Å². The summed E-state index contributed by atoms with van der Waals surface area (Å²) in [6.07, 6.45) is -1.37. The fourth-order valence-corrected chi connectivity index (χ4v) is 1.92. The second-order valence-electron chi connectivity index (χ2n) is 2.30. The van der Waals surface area contributed by atoms with Crippen molar-refractivity contribution in [2.75, 3.05) is 0 Å². The van der Waals surface area contributed by atoms with Gasteiger partial charge in [0.1, 0.15) is 4.60 Å². The molecule has 0 spiro atoms. The van der Waals surface area contributed by atoms with Crippen LogP contribution in [-0.4, -0.2) is 4.98 Å². The van der Waals surface area contributed by atoms with E-state index in [0.29, 0.717) is 13.7 Å². The Bertz CT molecular complexity index is 320. The number of aromatic nitrogens is 1. The molecule has 13 heavy (non-hydrogen) atoms. The lowest BCUT2D eigenvalue weighted by Gasteiger charge is -2.09. The quantitative estimate of drug-likeness (QED) is 0.649. The molecule has 0 saturated carbocycles. The van der Waals surface area contributed by atoms with Gasteiger partial charge in [0, 0.05) is 18.3 Å². The van der Waals surface area contributed by atoms with Gasteiger partial charge in [-0.15, -0.1) is 0 Å². The van der Waals surface area contributed by atoms with Crippen LogP contribution >= 0.6 is 38.5 Å². The average Bonchev–Trinajstić information content (AvgIpc) is 2.09. The maximum atomic E-state index is 12.4. The van der Waals surface area contributed by atoms with Gasteiger partial charge in [-0.3, -0.25) is 0 Å². The van der Waals surface area contributed by atoms with E-state index in [9.17, 15) is 8.78 Å². The summed E-state index contributed by atoms with van der Waals surface area (Å²) in [6, 6.07) is 0. The Morgan fingerprint density at radius 3 is 2.69 bits per heavy atom. The van der Waals surface area contributed by atoms with E-state index in [2.05, 4.69) is 20.9 Å². The van der Waals surface area contributed by atoms with E-state index in [-0.39, 0.29) is 12.1 Å². The van der Waals surface area contributed by atoms with Crippen molar-refractivity contribution < 1.29 is 8.78 Å². The average molecular weight is 363 g/mol. The molecule has 2 N–H and O–H groups in total. The third kappa shape index (κ3) is 2.35. The zero-order valence-corrected chi connectivity index (χ0v) is 10.1. The summed E-state index contributed by atoms with van der Waals surface area (Å²) < 4.78 is 26.0. The van der Waals surface area contributed by atoms with Gasteiger partial charge in [0.2, 0.25) is 0 Å². The van der Waals surface area contributed by atoms with Gasteiger partial charge in [-0.2, -0.15) is 0 Å². The highest BCUT2D eigenvalue weighted by molar-refractivity contribution is 14.1. The van der Waals surface area contributed by atoms with Gasteiger partial charge in [-0.25, -0.2) is 13.8 Å². The van der Waals surface area contributed by atoms with Crippen LogP contribution in [0.2, 0.25) is 0 Å². The molecule has 0 saturated heterocycles. The normalized spacial score (nSPS) is 10.9. The summed E-state index contributed by atoms with van der Waals surface area (Å²) in [7, 11) is 0. The Morgan fingerprint density at radius 2 is 2.23 bits per heavy atom. The second kappa shape index (κ2) is 4.61. The Labute approximate surface area is 96.2 Å². The van der Waals surface area contributed by atoms with Crippen molar-refractivity contribution in [2.45, 2.75) is 13.0 Å². The molecule has 0 radical (unpaired) electrons. The van der Waals surface area contributed by atoms with E-state index in [1.165, 1.54) is 0 Å². The molecule has 0 amide bonds. The summed E-state index contributed by atoms with van der Waals surface area (Å²) >= 11 is 5.09. The molecule has 2 nitrogen and oxygen atoms in total. The molecule has 1 heterocycles. The Morgan fingerprint density at radius 1 is 1.62 bits per heavy atom. The van der Waals surface area contributed by atoms with Crippen LogP contribution in [0.15, 0.2) is 10.8 Å². The fraction of sp³-hybridized carbons (Fsp3) is 0.286. The molecule has 6 heteroatoms. The third-order valence-corrected chi connectivity index (χ3v) is 4.06. The smallest absolute Gasteiger partial charge is 0.265 e. The standard InChI is InChI=1S/C7H6BrF2IN2/c8-6-5(11)3(1-12)4(2-13-6)7(9)10/h2,7H,1,12H2. The number of halogens is 4. The molecule has 1 aromatic heterocycles. The third-order valence-electron chi connectivity index (χ3n) is 1.55. The van der Waals surface area contributed by atoms with Crippen LogP contribution in [-0.2, 0) is 6.54 Å². The van der Waals surface area contributed by atoms with Crippen LogP contribution in [0.4, 0.5) is 8.78 Å². The first kappa shape index (κ1) is 11.3. The summed E-state index contributed by atoms with van der Waals surface area (Å²) in [5, 5.41) is 0. The predicted molar refractivity (Wildman–Crippen MR) is 57.5 cm³/mol.